The minimum atomic E-state index is -0.368. The first-order valence-electron chi connectivity index (χ1n) is 17.3. The summed E-state index contributed by atoms with van der Waals surface area (Å²) in [5, 5.41) is 0.688. The van der Waals surface area contributed by atoms with E-state index in [-0.39, 0.29) is 5.97 Å². The zero-order valence-electron chi connectivity index (χ0n) is 26.7. The second-order valence-corrected chi connectivity index (χ2v) is 13.2. The molecule has 0 saturated heterocycles. The molecule has 0 bridgehead atoms. The Balaban J connectivity index is 1.23. The standard InChI is InChI=1S/C40H53ClO2/c1-3-5-7-9-11-13-15-31-16-20-33(21-17-31)34-24-27-37(28-25-34)43-40(42)36-26-29-38(39(41)30-36)35-22-18-32(19-23-35)14-12-10-8-6-4-2/h16-17,20-21,24-30,32,35H,3-15,18-19,22-23H2,1-2H3. The number of esters is 1. The lowest BCUT2D eigenvalue weighted by molar-refractivity contribution is 0.0734. The van der Waals surface area contributed by atoms with E-state index in [1.165, 1.54) is 119 Å². The van der Waals surface area contributed by atoms with Gasteiger partial charge in [-0.1, -0.05) is 139 Å². The molecule has 43 heavy (non-hydrogen) atoms. The molecule has 3 aromatic carbocycles. The summed E-state index contributed by atoms with van der Waals surface area (Å²) in [5.74, 6) is 1.53. The van der Waals surface area contributed by atoms with Gasteiger partial charge in [0.2, 0.25) is 0 Å². The molecule has 2 nitrogen and oxygen atoms in total. The van der Waals surface area contributed by atoms with Crippen molar-refractivity contribution in [2.24, 2.45) is 5.92 Å². The zero-order valence-corrected chi connectivity index (χ0v) is 27.5. The lowest BCUT2D eigenvalue weighted by atomic mass is 9.77. The Bertz CT molecular complexity index is 1220. The van der Waals surface area contributed by atoms with Crippen LogP contribution in [0.3, 0.4) is 0 Å². The first-order chi connectivity index (χ1) is 21.1. The van der Waals surface area contributed by atoms with Crippen LogP contribution in [0.2, 0.25) is 5.02 Å². The molecule has 0 spiro atoms. The van der Waals surface area contributed by atoms with Gasteiger partial charge in [-0.05, 0) is 96.9 Å². The molecular weight excluding hydrogens is 548 g/mol. The van der Waals surface area contributed by atoms with Gasteiger partial charge >= 0.3 is 5.97 Å². The van der Waals surface area contributed by atoms with Crippen molar-refractivity contribution in [2.45, 2.75) is 129 Å². The second kappa shape index (κ2) is 18.3. The summed E-state index contributed by atoms with van der Waals surface area (Å²) in [7, 11) is 0. The van der Waals surface area contributed by atoms with Crippen LogP contribution < -0.4 is 4.74 Å². The van der Waals surface area contributed by atoms with Crippen LogP contribution in [0.1, 0.15) is 144 Å². The fraction of sp³-hybridized carbons (Fsp3) is 0.525. The molecule has 3 aromatic rings. The first-order valence-corrected chi connectivity index (χ1v) is 17.7. The van der Waals surface area contributed by atoms with Gasteiger partial charge in [-0.3, -0.25) is 0 Å². The average Bonchev–Trinajstić information content (AvgIpc) is 3.03. The third-order valence-corrected chi connectivity index (χ3v) is 9.74. The molecule has 0 unspecified atom stereocenters. The Morgan fingerprint density at radius 1 is 0.698 bits per heavy atom. The number of carbonyl (C=O) groups excluding carboxylic acids is 1. The molecule has 1 fully saturated rings. The molecular formula is C40H53ClO2. The molecule has 0 aliphatic heterocycles. The van der Waals surface area contributed by atoms with E-state index in [1.807, 2.05) is 36.4 Å². The Morgan fingerprint density at radius 2 is 1.28 bits per heavy atom. The van der Waals surface area contributed by atoms with Crippen molar-refractivity contribution in [3.05, 3.63) is 88.4 Å². The van der Waals surface area contributed by atoms with Crippen molar-refractivity contribution < 1.29 is 9.53 Å². The molecule has 0 N–H and O–H groups in total. The smallest absolute Gasteiger partial charge is 0.343 e. The average molecular weight is 601 g/mol. The van der Waals surface area contributed by atoms with Crippen LogP contribution in [0, 0.1) is 5.92 Å². The lowest BCUT2D eigenvalue weighted by Gasteiger charge is -2.29. The fourth-order valence-electron chi connectivity index (χ4n) is 6.64. The van der Waals surface area contributed by atoms with E-state index >= 15 is 0 Å². The van der Waals surface area contributed by atoms with Crippen LogP contribution in [0.15, 0.2) is 66.7 Å². The number of halogens is 1. The summed E-state index contributed by atoms with van der Waals surface area (Å²) in [6.45, 7) is 4.54. The van der Waals surface area contributed by atoms with Crippen LogP contribution in [0.4, 0.5) is 0 Å². The van der Waals surface area contributed by atoms with E-state index in [0.29, 0.717) is 22.3 Å². The molecule has 0 radical (unpaired) electrons. The van der Waals surface area contributed by atoms with Crippen LogP contribution in [0.25, 0.3) is 11.1 Å². The van der Waals surface area contributed by atoms with Gasteiger partial charge in [0.25, 0.3) is 0 Å². The highest BCUT2D eigenvalue weighted by atomic mass is 35.5. The number of hydrogen-bond acceptors (Lipinski definition) is 2. The normalized spacial score (nSPS) is 16.7. The third-order valence-electron chi connectivity index (χ3n) is 9.41. The van der Waals surface area contributed by atoms with E-state index in [4.69, 9.17) is 16.3 Å². The highest BCUT2D eigenvalue weighted by Crippen LogP contribution is 2.40. The highest BCUT2D eigenvalue weighted by molar-refractivity contribution is 6.31. The van der Waals surface area contributed by atoms with Crippen LogP contribution >= 0.6 is 11.6 Å². The number of hydrogen-bond donors (Lipinski definition) is 0. The minimum Gasteiger partial charge on any atom is -0.423 e. The quantitative estimate of drug-likeness (QED) is 0.0874. The van der Waals surface area contributed by atoms with Crippen molar-refractivity contribution in [3.63, 3.8) is 0 Å². The van der Waals surface area contributed by atoms with E-state index in [0.717, 1.165) is 17.9 Å². The monoisotopic (exact) mass is 600 g/mol. The molecule has 0 amide bonds. The molecule has 4 rings (SSSR count). The molecule has 3 heteroatoms. The molecule has 1 saturated carbocycles. The van der Waals surface area contributed by atoms with Crippen molar-refractivity contribution in [3.8, 4) is 16.9 Å². The molecule has 0 aromatic heterocycles. The van der Waals surface area contributed by atoms with Gasteiger partial charge in [0, 0.05) is 5.02 Å². The predicted molar refractivity (Wildman–Crippen MR) is 183 cm³/mol. The summed E-state index contributed by atoms with van der Waals surface area (Å²) in [5.41, 5.74) is 5.37. The van der Waals surface area contributed by atoms with Gasteiger partial charge < -0.3 is 4.74 Å². The largest absolute Gasteiger partial charge is 0.423 e. The topological polar surface area (TPSA) is 26.3 Å². The predicted octanol–water partition coefficient (Wildman–Crippen LogP) is 12.8. The molecule has 1 aliphatic carbocycles. The first kappa shape index (κ1) is 33.3. The van der Waals surface area contributed by atoms with Crippen LogP contribution in [-0.2, 0) is 6.42 Å². The molecule has 1 aliphatic rings. The number of rotatable bonds is 17. The maximum absolute atomic E-state index is 12.9. The van der Waals surface area contributed by atoms with Gasteiger partial charge in [-0.15, -0.1) is 0 Å². The van der Waals surface area contributed by atoms with Crippen molar-refractivity contribution in [1.82, 2.24) is 0 Å². The van der Waals surface area contributed by atoms with E-state index in [1.54, 1.807) is 6.07 Å². The number of carbonyl (C=O) groups is 1. The summed E-state index contributed by atoms with van der Waals surface area (Å²) in [4.78, 5) is 12.9. The zero-order chi connectivity index (χ0) is 30.3. The lowest BCUT2D eigenvalue weighted by Crippen LogP contribution is -2.14. The molecule has 232 valence electrons. The minimum absolute atomic E-state index is 0.368. The number of unbranched alkanes of at least 4 members (excludes halogenated alkanes) is 9. The number of ether oxygens (including phenoxy) is 1. The number of benzene rings is 3. The summed E-state index contributed by atoms with van der Waals surface area (Å²) < 4.78 is 5.71. The van der Waals surface area contributed by atoms with Crippen LogP contribution in [0.5, 0.6) is 5.75 Å². The van der Waals surface area contributed by atoms with Gasteiger partial charge in [0.05, 0.1) is 5.56 Å². The van der Waals surface area contributed by atoms with Gasteiger partial charge in [-0.2, -0.15) is 0 Å². The van der Waals surface area contributed by atoms with Crippen LogP contribution in [-0.4, -0.2) is 5.97 Å². The highest BCUT2D eigenvalue weighted by Gasteiger charge is 2.24. The maximum Gasteiger partial charge on any atom is 0.343 e. The van der Waals surface area contributed by atoms with Crippen molar-refractivity contribution in [2.75, 3.05) is 0 Å². The Labute approximate surface area is 266 Å². The number of aryl methyl sites for hydroxylation is 1. The Kier molecular flexibility index (Phi) is 14.2. The van der Waals surface area contributed by atoms with Crippen molar-refractivity contribution in [1.29, 1.82) is 0 Å². The Morgan fingerprint density at radius 3 is 1.91 bits per heavy atom. The van der Waals surface area contributed by atoms with E-state index in [9.17, 15) is 4.79 Å². The molecule has 0 atom stereocenters. The van der Waals surface area contributed by atoms with Gasteiger partial charge in [-0.25, -0.2) is 4.79 Å². The summed E-state index contributed by atoms with van der Waals surface area (Å²) >= 11 is 6.72. The maximum atomic E-state index is 12.9. The van der Waals surface area contributed by atoms with E-state index < -0.39 is 0 Å². The van der Waals surface area contributed by atoms with Crippen molar-refractivity contribution >= 4 is 17.6 Å². The Hall–Kier alpha value is -2.58. The van der Waals surface area contributed by atoms with Gasteiger partial charge in [0.1, 0.15) is 5.75 Å². The summed E-state index contributed by atoms with van der Waals surface area (Å²) in [6, 6.07) is 22.4. The summed E-state index contributed by atoms with van der Waals surface area (Å²) in [6.07, 6.45) is 22.3. The SMILES string of the molecule is CCCCCCCCc1ccc(-c2ccc(OC(=O)c3ccc(C4CCC(CCCCCCC)CC4)c(Cl)c3)cc2)cc1. The van der Waals surface area contributed by atoms with Gasteiger partial charge in [0.15, 0.2) is 0 Å². The third kappa shape index (κ3) is 10.8. The second-order valence-electron chi connectivity index (χ2n) is 12.8. The molecule has 0 heterocycles. The fourth-order valence-corrected chi connectivity index (χ4v) is 6.97. The van der Waals surface area contributed by atoms with E-state index in [2.05, 4.69) is 38.1 Å².